The van der Waals surface area contributed by atoms with Gasteiger partial charge in [0.1, 0.15) is 5.69 Å². The summed E-state index contributed by atoms with van der Waals surface area (Å²) in [5, 5.41) is 9.51. The van der Waals surface area contributed by atoms with Crippen LogP contribution in [0.25, 0.3) is 28.0 Å². The van der Waals surface area contributed by atoms with Crippen molar-refractivity contribution in [3.8, 4) is 22.5 Å². The van der Waals surface area contributed by atoms with Crippen LogP contribution >= 0.6 is 0 Å². The lowest BCUT2D eigenvalue weighted by Crippen LogP contribution is -2.29. The summed E-state index contributed by atoms with van der Waals surface area (Å²) in [6, 6.07) is 22.4. The summed E-state index contributed by atoms with van der Waals surface area (Å²) in [5.41, 5.74) is 5.11. The number of hydrogen-bond acceptors (Lipinski definition) is 5. The van der Waals surface area contributed by atoms with Gasteiger partial charge in [0, 0.05) is 55.3 Å². The standard InChI is InChI=1S/C29H28N6O2/c1-20(2)35-26(36)13-12-24(31-35)27-25-19-22(29(37)33(3)17-15-23-11-7-8-16-30-23)14-18-34(25)32-28(27)21-9-5-4-6-10-21/h4-14,16,18-20H,15,17H2,1-3H3. The van der Waals surface area contributed by atoms with E-state index >= 15 is 0 Å². The lowest BCUT2D eigenvalue weighted by Gasteiger charge is -2.17. The van der Waals surface area contributed by atoms with Crippen LogP contribution in [-0.4, -0.2) is 48.8 Å². The summed E-state index contributed by atoms with van der Waals surface area (Å²) in [4.78, 5) is 31.8. The van der Waals surface area contributed by atoms with Crippen molar-refractivity contribution in [2.75, 3.05) is 13.6 Å². The smallest absolute Gasteiger partial charge is 0.267 e. The zero-order valence-corrected chi connectivity index (χ0v) is 21.1. The number of rotatable bonds is 7. The van der Waals surface area contributed by atoms with Gasteiger partial charge in [-0.25, -0.2) is 9.20 Å². The van der Waals surface area contributed by atoms with Crippen LogP contribution in [0.2, 0.25) is 0 Å². The number of pyridine rings is 2. The highest BCUT2D eigenvalue weighted by atomic mass is 16.2. The third-order valence-corrected chi connectivity index (χ3v) is 6.28. The molecule has 5 rings (SSSR count). The number of carbonyl (C=O) groups excluding carboxylic acids is 1. The number of fused-ring (bicyclic) bond motifs is 1. The first kappa shape index (κ1) is 24.1. The zero-order chi connectivity index (χ0) is 25.9. The van der Waals surface area contributed by atoms with E-state index in [-0.39, 0.29) is 17.5 Å². The van der Waals surface area contributed by atoms with E-state index in [0.717, 1.165) is 28.0 Å². The van der Waals surface area contributed by atoms with Crippen LogP contribution < -0.4 is 5.56 Å². The number of benzene rings is 1. The molecule has 0 saturated heterocycles. The Bertz CT molecular complexity index is 1610. The van der Waals surface area contributed by atoms with Gasteiger partial charge >= 0.3 is 0 Å². The van der Waals surface area contributed by atoms with Gasteiger partial charge in [0.05, 0.1) is 22.8 Å². The first-order valence-electron chi connectivity index (χ1n) is 12.3. The van der Waals surface area contributed by atoms with Gasteiger partial charge in [-0.15, -0.1) is 0 Å². The van der Waals surface area contributed by atoms with Crippen molar-refractivity contribution in [1.82, 2.24) is 29.3 Å². The van der Waals surface area contributed by atoms with Crippen LogP contribution in [0.4, 0.5) is 0 Å². The highest BCUT2D eigenvalue weighted by Crippen LogP contribution is 2.34. The molecular formula is C29H28N6O2. The lowest BCUT2D eigenvalue weighted by molar-refractivity contribution is 0.0796. The topological polar surface area (TPSA) is 85.4 Å². The molecule has 0 spiro atoms. The van der Waals surface area contributed by atoms with Crippen molar-refractivity contribution in [2.24, 2.45) is 0 Å². The Morgan fingerprint density at radius 2 is 1.76 bits per heavy atom. The number of carbonyl (C=O) groups is 1. The van der Waals surface area contributed by atoms with Gasteiger partial charge in [0.25, 0.3) is 11.5 Å². The summed E-state index contributed by atoms with van der Waals surface area (Å²) in [6.07, 6.45) is 4.22. The molecule has 8 nitrogen and oxygen atoms in total. The Morgan fingerprint density at radius 1 is 0.973 bits per heavy atom. The second-order valence-electron chi connectivity index (χ2n) is 9.23. The molecule has 186 valence electrons. The first-order valence-corrected chi connectivity index (χ1v) is 12.3. The molecule has 0 aliphatic rings. The molecule has 0 radical (unpaired) electrons. The number of hydrogen-bond donors (Lipinski definition) is 0. The van der Waals surface area contributed by atoms with E-state index in [1.807, 2.05) is 68.4 Å². The average molecular weight is 493 g/mol. The maximum Gasteiger partial charge on any atom is 0.267 e. The summed E-state index contributed by atoms with van der Waals surface area (Å²) in [7, 11) is 1.79. The third-order valence-electron chi connectivity index (χ3n) is 6.28. The first-order chi connectivity index (χ1) is 17.9. The van der Waals surface area contributed by atoms with E-state index in [1.54, 1.807) is 41.0 Å². The van der Waals surface area contributed by atoms with E-state index in [2.05, 4.69) is 10.1 Å². The number of amides is 1. The van der Waals surface area contributed by atoms with E-state index < -0.39 is 0 Å². The zero-order valence-electron chi connectivity index (χ0n) is 21.1. The predicted molar refractivity (Wildman–Crippen MR) is 143 cm³/mol. The van der Waals surface area contributed by atoms with Gasteiger partial charge < -0.3 is 4.90 Å². The van der Waals surface area contributed by atoms with E-state index in [1.165, 1.54) is 10.7 Å². The normalized spacial score (nSPS) is 11.2. The molecule has 5 aromatic rings. The van der Waals surface area contributed by atoms with Crippen LogP contribution in [0.3, 0.4) is 0 Å². The minimum absolute atomic E-state index is 0.0908. The van der Waals surface area contributed by atoms with Crippen LogP contribution in [0.5, 0.6) is 0 Å². The Morgan fingerprint density at radius 3 is 2.49 bits per heavy atom. The molecule has 37 heavy (non-hydrogen) atoms. The summed E-state index contributed by atoms with van der Waals surface area (Å²) < 4.78 is 3.23. The fourth-order valence-corrected chi connectivity index (χ4v) is 4.31. The molecule has 0 unspecified atom stereocenters. The maximum absolute atomic E-state index is 13.3. The third kappa shape index (κ3) is 4.91. The SMILES string of the molecule is CC(C)n1nc(-c2c(-c3ccccc3)nn3ccc(C(=O)N(C)CCc4ccccn4)cc23)ccc1=O. The second kappa shape index (κ2) is 10.2. The Hall–Kier alpha value is -4.59. The quantitative estimate of drug-likeness (QED) is 0.334. The molecule has 0 fully saturated rings. The molecule has 1 amide bonds. The second-order valence-corrected chi connectivity index (χ2v) is 9.23. The Balaban J connectivity index is 1.58. The predicted octanol–water partition coefficient (Wildman–Crippen LogP) is 4.52. The molecule has 0 aliphatic carbocycles. The molecule has 0 aliphatic heterocycles. The molecule has 8 heteroatoms. The van der Waals surface area contributed by atoms with Crippen molar-refractivity contribution in [2.45, 2.75) is 26.3 Å². The van der Waals surface area contributed by atoms with Crippen molar-refractivity contribution in [3.63, 3.8) is 0 Å². The van der Waals surface area contributed by atoms with Gasteiger partial charge in [0.15, 0.2) is 0 Å². The molecule has 0 atom stereocenters. The van der Waals surface area contributed by atoms with Crippen molar-refractivity contribution < 1.29 is 4.79 Å². The number of likely N-dealkylation sites (N-methyl/N-ethyl adjacent to an activating group) is 1. The van der Waals surface area contributed by atoms with Crippen LogP contribution in [0.1, 0.15) is 35.9 Å². The largest absolute Gasteiger partial charge is 0.341 e. The fraction of sp³-hybridized carbons (Fsp3) is 0.207. The number of nitrogens with zero attached hydrogens (tertiary/aromatic N) is 6. The monoisotopic (exact) mass is 492 g/mol. The van der Waals surface area contributed by atoms with E-state index in [0.29, 0.717) is 24.2 Å². The summed E-state index contributed by atoms with van der Waals surface area (Å²) in [5.74, 6) is -0.0908. The van der Waals surface area contributed by atoms with Crippen LogP contribution in [0, 0.1) is 0 Å². The summed E-state index contributed by atoms with van der Waals surface area (Å²) in [6.45, 7) is 4.39. The number of aromatic nitrogens is 5. The van der Waals surface area contributed by atoms with Gasteiger partial charge in [-0.05, 0) is 44.2 Å². The highest BCUT2D eigenvalue weighted by molar-refractivity contribution is 5.98. The summed E-state index contributed by atoms with van der Waals surface area (Å²) >= 11 is 0. The fourth-order valence-electron chi connectivity index (χ4n) is 4.31. The highest BCUT2D eigenvalue weighted by Gasteiger charge is 2.21. The van der Waals surface area contributed by atoms with E-state index in [9.17, 15) is 9.59 Å². The molecule has 4 heterocycles. The molecule has 0 saturated carbocycles. The van der Waals surface area contributed by atoms with E-state index in [4.69, 9.17) is 5.10 Å². The minimum Gasteiger partial charge on any atom is -0.341 e. The minimum atomic E-state index is -0.165. The Kier molecular flexibility index (Phi) is 6.64. The maximum atomic E-state index is 13.3. The van der Waals surface area contributed by atoms with Gasteiger partial charge in [-0.1, -0.05) is 36.4 Å². The Labute approximate surface area is 214 Å². The molecular weight excluding hydrogens is 464 g/mol. The molecule has 1 aromatic carbocycles. The van der Waals surface area contributed by atoms with Crippen molar-refractivity contribution in [1.29, 1.82) is 0 Å². The van der Waals surface area contributed by atoms with Gasteiger partial charge in [-0.2, -0.15) is 10.2 Å². The molecule has 4 aromatic heterocycles. The van der Waals surface area contributed by atoms with Crippen molar-refractivity contribution >= 4 is 11.4 Å². The van der Waals surface area contributed by atoms with Gasteiger partial charge in [-0.3, -0.25) is 14.6 Å². The average Bonchev–Trinajstić information content (AvgIpc) is 3.31. The van der Waals surface area contributed by atoms with Crippen LogP contribution in [0.15, 0.2) is 90.0 Å². The molecule has 0 N–H and O–H groups in total. The van der Waals surface area contributed by atoms with Crippen LogP contribution in [-0.2, 0) is 6.42 Å². The molecule has 0 bridgehead atoms. The van der Waals surface area contributed by atoms with Gasteiger partial charge in [0.2, 0.25) is 0 Å². The van der Waals surface area contributed by atoms with Crippen molar-refractivity contribution in [3.05, 3.63) is 107 Å². The lowest BCUT2D eigenvalue weighted by atomic mass is 10.0.